The number of halogens is 11. The molecule has 0 radical (unpaired) electrons. The maximum absolute atomic E-state index is 15.4. The topological polar surface area (TPSA) is 118 Å². The monoisotopic (exact) mass is 1060 g/mol. The second-order valence-electron chi connectivity index (χ2n) is 16.8. The van der Waals surface area contributed by atoms with Crippen molar-refractivity contribution in [2.75, 3.05) is 23.9 Å². The van der Waals surface area contributed by atoms with Gasteiger partial charge in [-0.3, -0.25) is 19.0 Å². The Hall–Kier alpha value is -5.76. The van der Waals surface area contributed by atoms with Crippen LogP contribution in [0.25, 0.3) is 22.0 Å². The van der Waals surface area contributed by atoms with Crippen molar-refractivity contribution in [2.45, 2.75) is 88.6 Å². The zero-order chi connectivity index (χ0) is 52.5. The Labute approximate surface area is 414 Å². The molecule has 23 heteroatoms. The van der Waals surface area contributed by atoms with Crippen molar-refractivity contribution in [3.63, 3.8) is 0 Å². The van der Waals surface area contributed by atoms with Gasteiger partial charge >= 0.3 is 12.4 Å². The molecule has 3 aromatic carbocycles. The Balaban J connectivity index is 0.00000407. The van der Waals surface area contributed by atoms with Gasteiger partial charge in [0, 0.05) is 48.1 Å². The first-order chi connectivity index (χ1) is 33.2. The van der Waals surface area contributed by atoms with Crippen LogP contribution in [0.3, 0.4) is 0 Å². The van der Waals surface area contributed by atoms with Gasteiger partial charge in [0.1, 0.15) is 36.1 Å². The lowest BCUT2D eigenvalue weighted by atomic mass is 9.93. The van der Waals surface area contributed by atoms with Crippen molar-refractivity contribution >= 4 is 63.8 Å². The molecule has 3 heterocycles. The average molecular weight is 1060 g/mol. The van der Waals surface area contributed by atoms with Crippen LogP contribution < -0.4 is 9.62 Å². The molecule has 2 amide bonds. The molecule has 0 fully saturated rings. The van der Waals surface area contributed by atoms with E-state index in [0.717, 1.165) is 35.5 Å². The third-order valence-corrected chi connectivity index (χ3v) is 13.4. The largest absolute Gasteiger partial charge is 0.435 e. The molecule has 10 nitrogen and oxygen atoms in total. The lowest BCUT2D eigenvalue weighted by Gasteiger charge is -2.23. The van der Waals surface area contributed by atoms with Gasteiger partial charge in [-0.25, -0.2) is 18.1 Å². The lowest BCUT2D eigenvalue weighted by molar-refractivity contribution is -0.143. The van der Waals surface area contributed by atoms with Crippen molar-refractivity contribution in [3.05, 3.63) is 128 Å². The average Bonchev–Trinajstić information content (AvgIpc) is 3.93. The molecule has 378 valence electrons. The van der Waals surface area contributed by atoms with E-state index >= 15 is 8.78 Å². The molecule has 1 unspecified atom stereocenters. The van der Waals surface area contributed by atoms with Crippen molar-refractivity contribution in [3.8, 4) is 23.0 Å². The number of pyridine rings is 1. The minimum atomic E-state index is -5.17. The summed E-state index contributed by atoms with van der Waals surface area (Å²) >= 11 is 9.06. The zero-order valence-corrected chi connectivity index (χ0v) is 41.1. The maximum atomic E-state index is 15.4. The van der Waals surface area contributed by atoms with Crippen LogP contribution in [0.1, 0.15) is 89.0 Å². The molecule has 71 heavy (non-hydrogen) atoms. The van der Waals surface area contributed by atoms with Crippen LogP contribution in [0.2, 0.25) is 5.02 Å². The number of hydrogen-bond acceptors (Lipinski definition) is 8. The molecule has 0 aliphatic heterocycles. The van der Waals surface area contributed by atoms with Gasteiger partial charge in [-0.2, -0.15) is 45.3 Å². The van der Waals surface area contributed by atoms with Crippen LogP contribution in [0.5, 0.6) is 0 Å². The predicted molar refractivity (Wildman–Crippen MR) is 253 cm³/mol. The molecule has 1 aliphatic carbocycles. The Kier molecular flexibility index (Phi) is 16.2. The third kappa shape index (κ3) is 12.0. The van der Waals surface area contributed by atoms with E-state index in [-0.39, 0.29) is 60.1 Å². The summed E-state index contributed by atoms with van der Waals surface area (Å²) in [6, 6.07) is 12.9. The van der Waals surface area contributed by atoms with Gasteiger partial charge in [0.25, 0.3) is 11.8 Å². The van der Waals surface area contributed by atoms with Gasteiger partial charge in [-0.1, -0.05) is 48.7 Å². The summed E-state index contributed by atoms with van der Waals surface area (Å²) in [5.74, 6) is -3.28. The number of carbonyl (C=O) groups excluding carboxylic acids is 2. The number of benzene rings is 3. The highest BCUT2D eigenvalue weighted by Gasteiger charge is 2.53. The normalized spacial score (nSPS) is 14.8. The number of nitrogens with one attached hydrogen (secondary N) is 1. The van der Waals surface area contributed by atoms with E-state index in [1.807, 2.05) is 13.8 Å². The number of thioether (sulfide) groups is 1. The smallest absolute Gasteiger partial charge is 0.400 e. The quantitative estimate of drug-likeness (QED) is 0.0707. The fourth-order valence-corrected chi connectivity index (χ4v) is 9.14. The van der Waals surface area contributed by atoms with Gasteiger partial charge in [-0.15, -0.1) is 11.8 Å². The summed E-state index contributed by atoms with van der Waals surface area (Å²) in [5.41, 5.74) is -3.27. The number of aliphatic hydroxyl groups is 1. The van der Waals surface area contributed by atoms with Gasteiger partial charge in [0.2, 0.25) is 5.91 Å². The molecular weight excluding hydrogens is 1010 g/mol. The second-order valence-corrected chi connectivity index (χ2v) is 19.3. The lowest BCUT2D eigenvalue weighted by Crippen LogP contribution is -2.35. The van der Waals surface area contributed by atoms with Crippen LogP contribution >= 0.6 is 35.3 Å². The fraction of sp³-hybridized carbons (Fsp3) is 0.354. The molecular formula is C48H44ClF10N7O3S2. The molecule has 0 saturated heterocycles. The van der Waals surface area contributed by atoms with E-state index < -0.39 is 101 Å². The number of hydrogen-bond donors (Lipinski definition) is 2. The molecule has 6 aromatic rings. The number of anilines is 1. The number of carbonyl (C=O) groups is 2. The molecule has 0 bridgehead atoms. The number of alkyl halides is 8. The van der Waals surface area contributed by atoms with E-state index in [2.05, 4.69) is 27.4 Å². The first-order valence-corrected chi connectivity index (χ1v) is 24.0. The van der Waals surface area contributed by atoms with Gasteiger partial charge in [-0.05, 0) is 105 Å². The second kappa shape index (κ2) is 21.1. The highest BCUT2D eigenvalue weighted by Crippen LogP contribution is 2.52. The van der Waals surface area contributed by atoms with Crippen LogP contribution in [0.4, 0.5) is 49.7 Å². The van der Waals surface area contributed by atoms with E-state index in [0.29, 0.717) is 16.3 Å². The van der Waals surface area contributed by atoms with E-state index in [9.17, 15) is 44.7 Å². The highest BCUT2D eigenvalue weighted by atomic mass is 35.5. The molecule has 0 saturated carbocycles. The first kappa shape index (κ1) is 54.6. The van der Waals surface area contributed by atoms with E-state index in [1.165, 1.54) is 55.3 Å². The summed E-state index contributed by atoms with van der Waals surface area (Å²) in [7, 11) is 1.00. The van der Waals surface area contributed by atoms with Crippen LogP contribution in [0, 0.1) is 30.4 Å². The van der Waals surface area contributed by atoms with Crippen molar-refractivity contribution in [1.29, 1.82) is 0 Å². The summed E-state index contributed by atoms with van der Waals surface area (Å²) in [6.07, 6.45) is -8.27. The number of nitrogens with zero attached hydrogens (tertiary/aromatic N) is 6. The maximum Gasteiger partial charge on any atom is 0.435 e. The summed E-state index contributed by atoms with van der Waals surface area (Å²) in [5, 5.41) is 17.1. The van der Waals surface area contributed by atoms with Crippen LogP contribution in [-0.2, 0) is 36.4 Å². The Morgan fingerprint density at radius 1 is 0.958 bits per heavy atom. The number of amides is 2. The van der Waals surface area contributed by atoms with Crippen molar-refractivity contribution in [2.24, 2.45) is 0 Å². The fourth-order valence-electron chi connectivity index (χ4n) is 8.19. The predicted octanol–water partition coefficient (Wildman–Crippen LogP) is 11.8. The summed E-state index contributed by atoms with van der Waals surface area (Å²) < 4.78 is 148. The van der Waals surface area contributed by atoms with Gasteiger partial charge < -0.3 is 10.4 Å². The Morgan fingerprint density at radius 2 is 1.61 bits per heavy atom. The summed E-state index contributed by atoms with van der Waals surface area (Å²) in [6.45, 7) is 3.58. The van der Waals surface area contributed by atoms with Gasteiger partial charge in [0.15, 0.2) is 11.5 Å². The number of aliphatic hydroxyl groups excluding tert-OH is 1. The van der Waals surface area contributed by atoms with E-state index in [4.69, 9.17) is 21.7 Å². The molecule has 2 N–H and O–H groups in total. The molecule has 3 aromatic heterocycles. The highest BCUT2D eigenvalue weighted by molar-refractivity contribution is 8.00. The summed E-state index contributed by atoms with van der Waals surface area (Å²) in [4.78, 5) is 33.1. The zero-order valence-electron chi connectivity index (χ0n) is 38.8. The minimum absolute atomic E-state index is 0.0241. The molecule has 1 aliphatic rings. The van der Waals surface area contributed by atoms with Crippen LogP contribution in [0.15, 0.2) is 66.7 Å². The van der Waals surface area contributed by atoms with Gasteiger partial charge in [0.05, 0.1) is 32.4 Å². The minimum Gasteiger partial charge on any atom is -0.400 e. The number of aromatic nitrogens is 5. The van der Waals surface area contributed by atoms with E-state index in [1.54, 1.807) is 31.4 Å². The van der Waals surface area contributed by atoms with Crippen molar-refractivity contribution < 1.29 is 58.6 Å². The standard InChI is InChI=1S/C47H40ClF10N7O2S2.CH4O/c1-24-9-7-8-10-30(24)43(67)65(69-6)42-37-33(48)14-13-32(39(37)64(62-42)23-46(53,54)55)31-12-11-29(15-16-44(3,4)68-5)59-38(31)34(19-26-17-27(49)20-28(50)18-26)60-35(66)22-63-41-36(25(2)21-45(41,51)52)40(61-63)47(56,57)58;1-2/h7-14,17-18,20,25,34H,19,21-23H2,1-6H3,(H,60,66);2H,1H3/t25-,34?;/m0./s1. The Bertz CT molecular complexity index is 3030. The molecule has 7 rings (SSSR count). The Morgan fingerprint density at radius 3 is 2.21 bits per heavy atom. The number of aryl methyl sites for hydroxylation is 1. The molecule has 2 atom stereocenters. The third-order valence-electron chi connectivity index (χ3n) is 11.3. The number of fused-ring (bicyclic) bond motifs is 2. The van der Waals surface area contributed by atoms with Crippen molar-refractivity contribution in [1.82, 2.24) is 29.9 Å². The first-order valence-electron chi connectivity index (χ1n) is 21.3. The number of rotatable bonds is 12. The molecule has 0 spiro atoms. The van der Waals surface area contributed by atoms with Crippen LogP contribution in [-0.4, -0.2) is 72.0 Å². The SMILES string of the molecule is CO.CSN(C(=O)c1ccccc1C)c1nn(CC(F)(F)F)c2c(-c3ccc(C#CC(C)(C)SC)nc3C(Cc3cc(F)cc(F)c3)NC(=O)Cn3nc(C(F)(F)F)c4c3C(F)(F)C[C@@H]4C)ccc(Cl)c12.